The molecule has 4 aromatic rings. The molecule has 4 rings (SSSR count). The molecule has 3 aromatic carbocycles. The predicted octanol–water partition coefficient (Wildman–Crippen LogP) is 5.06. The van der Waals surface area contributed by atoms with Gasteiger partial charge in [0.2, 0.25) is 0 Å². The van der Waals surface area contributed by atoms with Crippen molar-refractivity contribution in [2.75, 3.05) is 0 Å². The highest BCUT2D eigenvalue weighted by molar-refractivity contribution is 5.89. The molecule has 0 unspecified atom stereocenters. The number of aromatic nitrogens is 3. The van der Waals surface area contributed by atoms with Crippen molar-refractivity contribution in [3.63, 3.8) is 0 Å². The third-order valence-corrected chi connectivity index (χ3v) is 4.47. The molecule has 1 heterocycles. The second kappa shape index (κ2) is 8.59. The van der Waals surface area contributed by atoms with Crippen LogP contribution in [0, 0.1) is 0 Å². The largest absolute Gasteiger partial charge is 0.507 e. The quantitative estimate of drug-likeness (QED) is 0.282. The Labute approximate surface area is 179 Å². The average molecular weight is 409 g/mol. The van der Waals surface area contributed by atoms with Crippen LogP contribution in [-0.4, -0.2) is 26.0 Å². The van der Waals surface area contributed by atoms with Crippen LogP contribution in [0.2, 0.25) is 0 Å². The van der Waals surface area contributed by atoms with Gasteiger partial charge < -0.3 is 9.84 Å². The average Bonchev–Trinajstić information content (AvgIpc) is 2.80. The molecule has 0 saturated heterocycles. The molecule has 0 atom stereocenters. The maximum atomic E-state index is 11.7. The molecule has 1 aromatic heterocycles. The molecule has 0 bridgehead atoms. The smallest absolute Gasteiger partial charge is 0.338 e. The fraction of sp³-hybridized carbons (Fsp3) is 0.0400. The number of aromatic hydroxyl groups is 1. The Morgan fingerprint density at radius 3 is 1.81 bits per heavy atom. The lowest BCUT2D eigenvalue weighted by Crippen LogP contribution is -2.08. The molecule has 0 spiro atoms. The molecule has 152 valence electrons. The van der Waals surface area contributed by atoms with Gasteiger partial charge in [-0.15, -0.1) is 0 Å². The van der Waals surface area contributed by atoms with E-state index in [1.807, 2.05) is 60.7 Å². The fourth-order valence-corrected chi connectivity index (χ4v) is 2.89. The van der Waals surface area contributed by atoms with E-state index in [2.05, 4.69) is 21.5 Å². The Hall–Kier alpha value is -4.32. The first kappa shape index (κ1) is 20.0. The van der Waals surface area contributed by atoms with Crippen LogP contribution in [-0.2, 0) is 4.79 Å². The molecule has 0 saturated carbocycles. The molecular formula is C25H19N3O3. The molecule has 6 nitrogen and oxygen atoms in total. The summed E-state index contributed by atoms with van der Waals surface area (Å²) in [5, 5.41) is 10.6. The van der Waals surface area contributed by atoms with Crippen LogP contribution in [0.3, 0.4) is 0 Å². The van der Waals surface area contributed by atoms with Crippen molar-refractivity contribution in [3.05, 3.63) is 91.0 Å². The number of carbonyl (C=O) groups excluding carboxylic acids is 1. The summed E-state index contributed by atoms with van der Waals surface area (Å²) in [6.07, 6.45) is 0. The van der Waals surface area contributed by atoms with Gasteiger partial charge in [0.15, 0.2) is 17.5 Å². The highest BCUT2D eigenvalue weighted by atomic mass is 16.5. The van der Waals surface area contributed by atoms with Gasteiger partial charge in [0.25, 0.3) is 0 Å². The van der Waals surface area contributed by atoms with Gasteiger partial charge in [-0.3, -0.25) is 0 Å². The summed E-state index contributed by atoms with van der Waals surface area (Å²) >= 11 is 0. The van der Waals surface area contributed by atoms with Gasteiger partial charge >= 0.3 is 5.97 Å². The lowest BCUT2D eigenvalue weighted by molar-refractivity contribution is -0.130. The van der Waals surface area contributed by atoms with Gasteiger partial charge in [-0.1, -0.05) is 67.2 Å². The number of esters is 1. The van der Waals surface area contributed by atoms with Crippen molar-refractivity contribution in [1.29, 1.82) is 0 Å². The number of hydrogen-bond donors (Lipinski definition) is 1. The summed E-state index contributed by atoms with van der Waals surface area (Å²) in [6.45, 7) is 5.10. The zero-order chi connectivity index (χ0) is 21.8. The lowest BCUT2D eigenvalue weighted by Gasteiger charge is -2.10. The maximum absolute atomic E-state index is 11.7. The first-order valence-corrected chi connectivity index (χ1v) is 9.59. The summed E-state index contributed by atoms with van der Waals surface area (Å²) in [5.41, 5.74) is 2.32. The van der Waals surface area contributed by atoms with Gasteiger partial charge in [0.1, 0.15) is 11.5 Å². The molecule has 0 radical (unpaired) electrons. The Morgan fingerprint density at radius 2 is 1.32 bits per heavy atom. The number of rotatable bonds is 5. The van der Waals surface area contributed by atoms with E-state index >= 15 is 0 Å². The van der Waals surface area contributed by atoms with Crippen LogP contribution in [0.4, 0.5) is 0 Å². The molecule has 0 fully saturated rings. The maximum Gasteiger partial charge on any atom is 0.338 e. The number of hydrogen-bond acceptors (Lipinski definition) is 6. The minimum Gasteiger partial charge on any atom is -0.507 e. The summed E-state index contributed by atoms with van der Waals surface area (Å²) in [4.78, 5) is 25.5. The van der Waals surface area contributed by atoms with Crippen molar-refractivity contribution in [2.45, 2.75) is 6.92 Å². The van der Waals surface area contributed by atoms with E-state index < -0.39 is 5.97 Å². The summed E-state index contributed by atoms with van der Waals surface area (Å²) < 4.78 is 5.18. The van der Waals surface area contributed by atoms with E-state index in [4.69, 9.17) is 4.74 Å². The topological polar surface area (TPSA) is 85.2 Å². The second-order valence-corrected chi connectivity index (χ2v) is 6.89. The third-order valence-electron chi connectivity index (χ3n) is 4.47. The fourth-order valence-electron chi connectivity index (χ4n) is 2.89. The first-order chi connectivity index (χ1) is 15.0. The number of phenolic OH excluding ortho intramolecular Hbond substituents is 1. The third kappa shape index (κ3) is 4.48. The molecule has 0 aliphatic heterocycles. The van der Waals surface area contributed by atoms with E-state index in [1.54, 1.807) is 19.1 Å². The zero-order valence-electron chi connectivity index (χ0n) is 16.8. The summed E-state index contributed by atoms with van der Waals surface area (Å²) in [7, 11) is 0. The molecule has 1 N–H and O–H groups in total. The van der Waals surface area contributed by atoms with Crippen LogP contribution >= 0.6 is 0 Å². The summed E-state index contributed by atoms with van der Waals surface area (Å²) in [6, 6.07) is 23.6. The number of ether oxygens (including phenoxy) is 1. The Balaban J connectivity index is 1.81. The van der Waals surface area contributed by atoms with Crippen LogP contribution < -0.4 is 4.74 Å². The number of benzene rings is 3. The molecular weight excluding hydrogens is 390 g/mol. The Morgan fingerprint density at radius 1 is 0.806 bits per heavy atom. The molecule has 31 heavy (non-hydrogen) atoms. The van der Waals surface area contributed by atoms with Crippen molar-refractivity contribution in [2.24, 2.45) is 0 Å². The number of carbonyl (C=O) groups is 1. The molecule has 0 aliphatic rings. The predicted molar refractivity (Wildman–Crippen MR) is 118 cm³/mol. The highest BCUT2D eigenvalue weighted by Gasteiger charge is 2.16. The standard InChI is InChI=1S/C25H19N3O3/c1-16(2)25(30)31-19-13-14-20(21(29)15-19)24-27-22(17-9-5-3-6-10-17)26-23(28-24)18-11-7-4-8-12-18/h3-15,29H,1H2,2H3. The number of phenols is 1. The highest BCUT2D eigenvalue weighted by Crippen LogP contribution is 2.32. The van der Waals surface area contributed by atoms with Gasteiger partial charge in [-0.25, -0.2) is 19.7 Å². The van der Waals surface area contributed by atoms with E-state index in [-0.39, 0.29) is 17.1 Å². The SMILES string of the molecule is C=C(C)C(=O)Oc1ccc(-c2nc(-c3ccccc3)nc(-c3ccccc3)n2)c(O)c1. The van der Waals surface area contributed by atoms with Crippen molar-refractivity contribution >= 4 is 5.97 Å². The van der Waals surface area contributed by atoms with E-state index in [0.29, 0.717) is 23.0 Å². The normalized spacial score (nSPS) is 10.5. The van der Waals surface area contributed by atoms with Gasteiger partial charge in [-0.2, -0.15) is 0 Å². The molecule has 0 aliphatic carbocycles. The Kier molecular flexibility index (Phi) is 5.53. The van der Waals surface area contributed by atoms with Crippen molar-refractivity contribution < 1.29 is 14.6 Å². The monoisotopic (exact) mass is 409 g/mol. The zero-order valence-corrected chi connectivity index (χ0v) is 16.8. The number of nitrogens with zero attached hydrogens (tertiary/aromatic N) is 3. The second-order valence-electron chi connectivity index (χ2n) is 6.89. The van der Waals surface area contributed by atoms with Crippen molar-refractivity contribution in [1.82, 2.24) is 15.0 Å². The van der Waals surface area contributed by atoms with Crippen LogP contribution in [0.5, 0.6) is 11.5 Å². The van der Waals surface area contributed by atoms with Gasteiger partial charge in [0.05, 0.1) is 5.56 Å². The van der Waals surface area contributed by atoms with E-state index in [0.717, 1.165) is 11.1 Å². The molecule has 6 heteroatoms. The summed E-state index contributed by atoms with van der Waals surface area (Å²) in [5.74, 6) is 0.808. The minimum atomic E-state index is -0.565. The van der Waals surface area contributed by atoms with Crippen LogP contribution in [0.15, 0.2) is 91.0 Å². The lowest BCUT2D eigenvalue weighted by atomic mass is 10.1. The van der Waals surface area contributed by atoms with Crippen LogP contribution in [0.1, 0.15) is 6.92 Å². The van der Waals surface area contributed by atoms with E-state index in [9.17, 15) is 9.90 Å². The van der Waals surface area contributed by atoms with Crippen LogP contribution in [0.25, 0.3) is 34.2 Å². The van der Waals surface area contributed by atoms with Crippen molar-refractivity contribution in [3.8, 4) is 45.7 Å². The van der Waals surface area contributed by atoms with Gasteiger partial charge in [0, 0.05) is 22.8 Å². The molecule has 0 amide bonds. The van der Waals surface area contributed by atoms with E-state index in [1.165, 1.54) is 6.07 Å². The van der Waals surface area contributed by atoms with Gasteiger partial charge in [-0.05, 0) is 19.1 Å². The Bertz CT molecular complexity index is 1200. The first-order valence-electron chi connectivity index (χ1n) is 9.59. The minimum absolute atomic E-state index is 0.115.